The van der Waals surface area contributed by atoms with Crippen molar-refractivity contribution in [1.82, 2.24) is 14.5 Å². The van der Waals surface area contributed by atoms with E-state index in [1.54, 1.807) is 16.2 Å². The highest BCUT2D eigenvalue weighted by Crippen LogP contribution is 2.31. The summed E-state index contributed by atoms with van der Waals surface area (Å²) in [5.74, 6) is 0.0538. The lowest BCUT2D eigenvalue weighted by Crippen LogP contribution is -2.44. The zero-order chi connectivity index (χ0) is 18.4. The molecule has 0 bridgehead atoms. The van der Waals surface area contributed by atoms with Crippen molar-refractivity contribution in [3.8, 4) is 0 Å². The first-order valence-corrected chi connectivity index (χ1v) is 9.26. The van der Waals surface area contributed by atoms with Crippen LogP contribution in [0.3, 0.4) is 0 Å². The molecule has 26 heavy (non-hydrogen) atoms. The van der Waals surface area contributed by atoms with Crippen molar-refractivity contribution in [2.24, 2.45) is 13.0 Å². The monoisotopic (exact) mass is 356 g/mol. The summed E-state index contributed by atoms with van der Waals surface area (Å²) < 4.78 is 3.18. The van der Waals surface area contributed by atoms with Crippen LogP contribution in [-0.2, 0) is 16.6 Å². The molecule has 2 aliphatic rings. The van der Waals surface area contributed by atoms with Crippen LogP contribution in [0.1, 0.15) is 38.6 Å². The summed E-state index contributed by atoms with van der Waals surface area (Å²) in [6.45, 7) is 4.21. The van der Waals surface area contributed by atoms with Crippen LogP contribution < -0.4 is 15.9 Å². The van der Waals surface area contributed by atoms with E-state index >= 15 is 0 Å². The number of imidazole rings is 1. The molecule has 2 aromatic rings. The Balaban J connectivity index is 1.83. The van der Waals surface area contributed by atoms with Gasteiger partial charge in [-0.15, -0.1) is 0 Å². The number of piperidine rings is 2. The molecule has 2 saturated heterocycles. The zero-order valence-electron chi connectivity index (χ0n) is 15.2. The molecule has 4 rings (SSSR count). The van der Waals surface area contributed by atoms with Gasteiger partial charge in [-0.25, -0.2) is 4.79 Å². The molecule has 0 saturated carbocycles. The highest BCUT2D eigenvalue weighted by molar-refractivity contribution is 6.00. The summed E-state index contributed by atoms with van der Waals surface area (Å²) in [6, 6.07) is 5.24. The second kappa shape index (κ2) is 6.30. The van der Waals surface area contributed by atoms with Crippen LogP contribution in [0.5, 0.6) is 0 Å². The maximum atomic E-state index is 12.9. The molecule has 2 amide bonds. The fourth-order valence-electron chi connectivity index (χ4n) is 4.15. The fourth-order valence-corrected chi connectivity index (χ4v) is 4.15. The van der Waals surface area contributed by atoms with Crippen LogP contribution in [0.15, 0.2) is 23.0 Å². The third-order valence-corrected chi connectivity index (χ3v) is 5.73. The molecule has 0 spiro atoms. The van der Waals surface area contributed by atoms with E-state index in [1.807, 2.05) is 18.2 Å². The van der Waals surface area contributed by atoms with Crippen molar-refractivity contribution < 1.29 is 9.59 Å². The third-order valence-electron chi connectivity index (χ3n) is 5.73. The maximum absolute atomic E-state index is 12.9. The van der Waals surface area contributed by atoms with Gasteiger partial charge < -0.3 is 4.90 Å². The topological polar surface area (TPSA) is 76.3 Å². The van der Waals surface area contributed by atoms with Gasteiger partial charge in [-0.1, -0.05) is 13.0 Å². The van der Waals surface area contributed by atoms with E-state index in [9.17, 15) is 14.4 Å². The molecule has 0 radical (unpaired) electrons. The Morgan fingerprint density at radius 3 is 2.50 bits per heavy atom. The van der Waals surface area contributed by atoms with E-state index in [1.165, 1.54) is 0 Å². The first-order valence-electron chi connectivity index (χ1n) is 9.26. The second-order valence-corrected chi connectivity index (χ2v) is 7.49. The molecule has 2 aliphatic heterocycles. The number of para-hydroxylation sites is 1. The van der Waals surface area contributed by atoms with Gasteiger partial charge in [0.15, 0.2) is 0 Å². The number of hydrogen-bond donors (Lipinski definition) is 1. The maximum Gasteiger partial charge on any atom is 0.329 e. The van der Waals surface area contributed by atoms with Crippen LogP contribution in [0.2, 0.25) is 0 Å². The minimum absolute atomic E-state index is 0.215. The number of aromatic nitrogens is 2. The molecular formula is C19H24N4O3. The van der Waals surface area contributed by atoms with Gasteiger partial charge in [0.1, 0.15) is 6.04 Å². The molecule has 7 nitrogen and oxygen atoms in total. The quantitative estimate of drug-likeness (QED) is 0.829. The molecule has 3 heterocycles. The average Bonchev–Trinajstić information content (AvgIpc) is 2.87. The highest BCUT2D eigenvalue weighted by Gasteiger charge is 2.32. The Labute approximate surface area is 151 Å². The number of hydrogen-bond acceptors (Lipinski definition) is 4. The number of benzene rings is 1. The standard InChI is InChI=1S/C19H24N4O3/c1-12-8-10-22(11-9-12)13-4-3-5-14-17(13)21(2)19(26)23(14)15-6-7-16(24)20-18(15)25/h3-5,12,15H,6-11H2,1-2H3,(H,20,24,25). The lowest BCUT2D eigenvalue weighted by atomic mass is 9.98. The Morgan fingerprint density at radius 1 is 1.08 bits per heavy atom. The summed E-state index contributed by atoms with van der Waals surface area (Å²) in [6.07, 6.45) is 2.88. The first kappa shape index (κ1) is 16.9. The number of nitrogens with zero attached hydrogens (tertiary/aromatic N) is 3. The minimum atomic E-state index is -0.638. The number of amides is 2. The van der Waals surface area contributed by atoms with E-state index < -0.39 is 11.9 Å². The van der Waals surface area contributed by atoms with Gasteiger partial charge in [0, 0.05) is 26.6 Å². The number of aryl methyl sites for hydroxylation is 1. The molecule has 138 valence electrons. The van der Waals surface area contributed by atoms with E-state index in [0.717, 1.165) is 48.6 Å². The molecule has 1 atom stereocenters. The summed E-state index contributed by atoms with van der Waals surface area (Å²) >= 11 is 0. The van der Waals surface area contributed by atoms with Crippen LogP contribution in [-0.4, -0.2) is 34.0 Å². The Kier molecular flexibility index (Phi) is 4.09. The zero-order valence-corrected chi connectivity index (χ0v) is 15.2. The van der Waals surface area contributed by atoms with Gasteiger partial charge in [0.25, 0.3) is 0 Å². The number of anilines is 1. The Morgan fingerprint density at radius 2 is 1.81 bits per heavy atom. The summed E-state index contributed by atoms with van der Waals surface area (Å²) in [5.41, 5.74) is 2.44. The average molecular weight is 356 g/mol. The van der Waals surface area contributed by atoms with Crippen LogP contribution in [0.4, 0.5) is 5.69 Å². The second-order valence-electron chi connectivity index (χ2n) is 7.49. The lowest BCUT2D eigenvalue weighted by molar-refractivity contribution is -0.135. The number of rotatable bonds is 2. The summed E-state index contributed by atoms with van der Waals surface area (Å²) in [5, 5.41) is 2.35. The van der Waals surface area contributed by atoms with Crippen molar-refractivity contribution in [1.29, 1.82) is 0 Å². The summed E-state index contributed by atoms with van der Waals surface area (Å²) in [4.78, 5) is 39.1. The van der Waals surface area contributed by atoms with Gasteiger partial charge in [0.05, 0.1) is 16.7 Å². The Bertz CT molecular complexity index is 934. The largest absolute Gasteiger partial charge is 0.370 e. The van der Waals surface area contributed by atoms with Crippen molar-refractivity contribution in [3.63, 3.8) is 0 Å². The van der Waals surface area contributed by atoms with E-state index in [-0.39, 0.29) is 18.0 Å². The van der Waals surface area contributed by atoms with Gasteiger partial charge >= 0.3 is 5.69 Å². The summed E-state index contributed by atoms with van der Waals surface area (Å²) in [7, 11) is 1.75. The van der Waals surface area contributed by atoms with Crippen molar-refractivity contribution in [2.45, 2.75) is 38.6 Å². The van der Waals surface area contributed by atoms with Gasteiger partial charge in [0.2, 0.25) is 11.8 Å². The van der Waals surface area contributed by atoms with E-state index in [0.29, 0.717) is 6.42 Å². The first-order chi connectivity index (χ1) is 12.5. The number of imide groups is 1. The molecule has 1 N–H and O–H groups in total. The molecule has 1 aromatic carbocycles. The third kappa shape index (κ3) is 2.62. The molecule has 1 unspecified atom stereocenters. The molecular weight excluding hydrogens is 332 g/mol. The lowest BCUT2D eigenvalue weighted by Gasteiger charge is -2.32. The SMILES string of the molecule is CC1CCN(c2cccc3c2n(C)c(=O)n3C2CCC(=O)NC2=O)CC1. The van der Waals surface area contributed by atoms with Crippen molar-refractivity contribution in [2.75, 3.05) is 18.0 Å². The van der Waals surface area contributed by atoms with Crippen LogP contribution >= 0.6 is 0 Å². The highest BCUT2D eigenvalue weighted by atomic mass is 16.2. The molecule has 0 aliphatic carbocycles. The van der Waals surface area contributed by atoms with Crippen LogP contribution in [0, 0.1) is 5.92 Å². The van der Waals surface area contributed by atoms with Gasteiger partial charge in [-0.3, -0.25) is 24.0 Å². The minimum Gasteiger partial charge on any atom is -0.370 e. The number of carbonyl (C=O) groups is 2. The van der Waals surface area contributed by atoms with Crippen molar-refractivity contribution in [3.05, 3.63) is 28.7 Å². The molecule has 1 aromatic heterocycles. The van der Waals surface area contributed by atoms with E-state index in [2.05, 4.69) is 17.1 Å². The van der Waals surface area contributed by atoms with Crippen molar-refractivity contribution >= 4 is 28.5 Å². The van der Waals surface area contributed by atoms with E-state index in [4.69, 9.17) is 0 Å². The van der Waals surface area contributed by atoms with Crippen LogP contribution in [0.25, 0.3) is 11.0 Å². The predicted octanol–water partition coefficient (Wildman–Crippen LogP) is 1.55. The molecule has 7 heteroatoms. The predicted molar refractivity (Wildman–Crippen MR) is 99.2 cm³/mol. The number of carbonyl (C=O) groups excluding carboxylic acids is 2. The fraction of sp³-hybridized carbons (Fsp3) is 0.526. The van der Waals surface area contributed by atoms with Gasteiger partial charge in [-0.05, 0) is 37.3 Å². The number of nitrogens with one attached hydrogen (secondary N) is 1. The normalized spacial score (nSPS) is 22.1. The smallest absolute Gasteiger partial charge is 0.329 e. The van der Waals surface area contributed by atoms with Gasteiger partial charge in [-0.2, -0.15) is 0 Å². The number of fused-ring (bicyclic) bond motifs is 1. The molecule has 2 fully saturated rings. The Hall–Kier alpha value is -2.57.